The molecule has 0 unspecified atom stereocenters. The highest BCUT2D eigenvalue weighted by Crippen LogP contribution is 2.20. The monoisotopic (exact) mass is 246 g/mol. The molecule has 0 heterocycles. The van der Waals surface area contributed by atoms with E-state index in [-0.39, 0.29) is 0 Å². The Balaban J connectivity index is 2.64. The van der Waals surface area contributed by atoms with Crippen molar-refractivity contribution in [3.63, 3.8) is 0 Å². The second-order valence-electron chi connectivity index (χ2n) is 4.77. The highest BCUT2D eigenvalue weighted by Gasteiger charge is 2.01. The summed E-state index contributed by atoms with van der Waals surface area (Å²) in [5.41, 5.74) is 2.53. The summed E-state index contributed by atoms with van der Waals surface area (Å²) in [5.74, 6) is 0.993. The number of benzene rings is 1. The topological polar surface area (TPSA) is 9.23 Å². The van der Waals surface area contributed by atoms with Crippen LogP contribution in [0.3, 0.4) is 0 Å². The maximum absolute atomic E-state index is 5.79. The van der Waals surface area contributed by atoms with E-state index in [1.165, 1.54) is 31.2 Å². The van der Waals surface area contributed by atoms with Gasteiger partial charge in [-0.3, -0.25) is 0 Å². The minimum atomic E-state index is 0.811. The molecule has 0 atom stereocenters. The molecule has 1 heteroatoms. The van der Waals surface area contributed by atoms with Gasteiger partial charge < -0.3 is 4.74 Å². The van der Waals surface area contributed by atoms with Crippen molar-refractivity contribution in [2.75, 3.05) is 6.61 Å². The number of unbranched alkanes of at least 4 members (excludes halogenated alkanes) is 3. The van der Waals surface area contributed by atoms with Crippen molar-refractivity contribution >= 4 is 6.08 Å². The van der Waals surface area contributed by atoms with Crippen LogP contribution >= 0.6 is 0 Å². The third-order valence-corrected chi connectivity index (χ3v) is 3.06. The Labute approximate surface area is 112 Å². The lowest BCUT2D eigenvalue weighted by molar-refractivity contribution is 0.309. The zero-order valence-corrected chi connectivity index (χ0v) is 11.9. The number of ether oxygens (including phenoxy) is 1. The van der Waals surface area contributed by atoms with Crippen molar-refractivity contribution in [3.05, 3.63) is 35.9 Å². The van der Waals surface area contributed by atoms with Crippen molar-refractivity contribution in [2.45, 2.75) is 52.4 Å². The summed E-state index contributed by atoms with van der Waals surface area (Å²) in [7, 11) is 0. The summed E-state index contributed by atoms with van der Waals surface area (Å²) >= 11 is 0. The molecule has 0 aromatic heterocycles. The molecule has 0 bridgehead atoms. The lowest BCUT2D eigenvalue weighted by Gasteiger charge is -2.09. The van der Waals surface area contributed by atoms with Gasteiger partial charge >= 0.3 is 0 Å². The lowest BCUT2D eigenvalue weighted by atomic mass is 10.0. The second-order valence-corrected chi connectivity index (χ2v) is 4.77. The van der Waals surface area contributed by atoms with Crippen molar-refractivity contribution in [1.29, 1.82) is 0 Å². The Kier molecular flexibility index (Phi) is 7.24. The van der Waals surface area contributed by atoms with E-state index in [2.05, 4.69) is 38.6 Å². The first-order valence-electron chi connectivity index (χ1n) is 7.19. The fourth-order valence-corrected chi connectivity index (χ4v) is 1.95. The summed E-state index contributed by atoms with van der Waals surface area (Å²) in [4.78, 5) is 0. The first kappa shape index (κ1) is 14.8. The van der Waals surface area contributed by atoms with Crippen molar-refractivity contribution in [1.82, 2.24) is 0 Å². The molecular formula is C17H26O. The summed E-state index contributed by atoms with van der Waals surface area (Å²) in [6, 6.07) is 6.47. The van der Waals surface area contributed by atoms with Crippen LogP contribution in [0.25, 0.3) is 6.08 Å². The van der Waals surface area contributed by atoms with Gasteiger partial charge in [0, 0.05) is 0 Å². The fourth-order valence-electron chi connectivity index (χ4n) is 1.95. The molecule has 0 aliphatic rings. The molecule has 0 radical (unpaired) electrons. The molecule has 0 amide bonds. The average Bonchev–Trinajstić information content (AvgIpc) is 2.39. The molecular weight excluding hydrogens is 220 g/mol. The van der Waals surface area contributed by atoms with Crippen LogP contribution in [0.15, 0.2) is 24.8 Å². The number of aryl methyl sites for hydroxylation is 1. The molecule has 0 N–H and O–H groups in total. The first-order valence-corrected chi connectivity index (χ1v) is 7.19. The zero-order valence-electron chi connectivity index (χ0n) is 11.9. The Bertz CT molecular complexity index is 326. The van der Waals surface area contributed by atoms with E-state index < -0.39 is 0 Å². The molecule has 1 aromatic carbocycles. The van der Waals surface area contributed by atoms with Crippen molar-refractivity contribution in [2.24, 2.45) is 0 Å². The lowest BCUT2D eigenvalue weighted by Crippen LogP contribution is -1.98. The molecule has 0 saturated carbocycles. The van der Waals surface area contributed by atoms with Crippen LogP contribution in [-0.4, -0.2) is 6.61 Å². The SMILES string of the molecule is C=Cc1cc(CCCCC)cc(OCCCC)c1. The minimum absolute atomic E-state index is 0.811. The Morgan fingerprint density at radius 1 is 1.06 bits per heavy atom. The van der Waals surface area contributed by atoms with Gasteiger partial charge in [-0.2, -0.15) is 0 Å². The summed E-state index contributed by atoms with van der Waals surface area (Å²) < 4.78 is 5.79. The number of hydrogen-bond acceptors (Lipinski definition) is 1. The van der Waals surface area contributed by atoms with Gasteiger partial charge in [-0.15, -0.1) is 0 Å². The predicted molar refractivity (Wildman–Crippen MR) is 80.2 cm³/mol. The van der Waals surface area contributed by atoms with E-state index in [0.717, 1.165) is 30.8 Å². The van der Waals surface area contributed by atoms with Crippen LogP contribution < -0.4 is 4.74 Å². The minimum Gasteiger partial charge on any atom is -0.494 e. The third kappa shape index (κ3) is 5.39. The molecule has 0 fully saturated rings. The van der Waals surface area contributed by atoms with Crippen LogP contribution in [-0.2, 0) is 6.42 Å². The molecule has 0 spiro atoms. The standard InChI is InChI=1S/C17H26O/c1-4-7-9-10-16-12-15(6-3)13-17(14-16)18-11-8-5-2/h6,12-14H,3-5,7-11H2,1-2H3. The van der Waals surface area contributed by atoms with Gasteiger partial charge in [0.25, 0.3) is 0 Å². The molecule has 0 aliphatic carbocycles. The van der Waals surface area contributed by atoms with Crippen molar-refractivity contribution < 1.29 is 4.74 Å². The first-order chi connectivity index (χ1) is 8.80. The summed E-state index contributed by atoms with van der Waals surface area (Å²) in [6.45, 7) is 9.08. The van der Waals surface area contributed by atoms with Gasteiger partial charge in [0.2, 0.25) is 0 Å². The normalized spacial score (nSPS) is 10.3. The van der Waals surface area contributed by atoms with Gasteiger partial charge in [0.15, 0.2) is 0 Å². The molecule has 18 heavy (non-hydrogen) atoms. The van der Waals surface area contributed by atoms with E-state index in [0.29, 0.717) is 0 Å². The number of rotatable bonds is 9. The molecule has 100 valence electrons. The molecule has 0 aliphatic heterocycles. The summed E-state index contributed by atoms with van der Waals surface area (Å²) in [5, 5.41) is 0. The highest BCUT2D eigenvalue weighted by molar-refractivity contribution is 5.51. The van der Waals surface area contributed by atoms with E-state index >= 15 is 0 Å². The van der Waals surface area contributed by atoms with Gasteiger partial charge in [-0.25, -0.2) is 0 Å². The van der Waals surface area contributed by atoms with E-state index in [1.54, 1.807) is 0 Å². The Morgan fingerprint density at radius 2 is 1.83 bits per heavy atom. The predicted octanol–water partition coefficient (Wildman–Crippen LogP) is 5.24. The highest BCUT2D eigenvalue weighted by atomic mass is 16.5. The molecule has 1 aromatic rings. The Hall–Kier alpha value is -1.24. The molecule has 1 nitrogen and oxygen atoms in total. The van der Waals surface area contributed by atoms with Gasteiger partial charge in [0.05, 0.1) is 6.61 Å². The van der Waals surface area contributed by atoms with Crippen LogP contribution in [0.4, 0.5) is 0 Å². The van der Waals surface area contributed by atoms with Gasteiger partial charge in [-0.05, 0) is 42.5 Å². The molecule has 1 rings (SSSR count). The van der Waals surface area contributed by atoms with Gasteiger partial charge in [0.1, 0.15) is 5.75 Å². The van der Waals surface area contributed by atoms with Gasteiger partial charge in [-0.1, -0.05) is 51.8 Å². The van der Waals surface area contributed by atoms with Crippen molar-refractivity contribution in [3.8, 4) is 5.75 Å². The zero-order chi connectivity index (χ0) is 13.2. The van der Waals surface area contributed by atoms with E-state index in [1.807, 2.05) is 6.08 Å². The van der Waals surface area contributed by atoms with E-state index in [9.17, 15) is 0 Å². The molecule has 0 saturated heterocycles. The van der Waals surface area contributed by atoms with Crippen LogP contribution in [0.5, 0.6) is 5.75 Å². The van der Waals surface area contributed by atoms with Crippen LogP contribution in [0, 0.1) is 0 Å². The average molecular weight is 246 g/mol. The summed E-state index contributed by atoms with van der Waals surface area (Å²) in [6.07, 6.45) is 9.14. The third-order valence-electron chi connectivity index (χ3n) is 3.06. The maximum Gasteiger partial charge on any atom is 0.120 e. The quantitative estimate of drug-likeness (QED) is 0.541. The largest absolute Gasteiger partial charge is 0.494 e. The second kappa shape index (κ2) is 8.79. The maximum atomic E-state index is 5.79. The Morgan fingerprint density at radius 3 is 2.50 bits per heavy atom. The number of hydrogen-bond donors (Lipinski definition) is 0. The smallest absolute Gasteiger partial charge is 0.120 e. The fraction of sp³-hybridized carbons (Fsp3) is 0.529. The van der Waals surface area contributed by atoms with Crippen LogP contribution in [0.1, 0.15) is 57.1 Å². The van der Waals surface area contributed by atoms with E-state index in [4.69, 9.17) is 4.74 Å². The van der Waals surface area contributed by atoms with Crippen LogP contribution in [0.2, 0.25) is 0 Å².